The highest BCUT2D eigenvalue weighted by Gasteiger charge is 2.21. The first-order chi connectivity index (χ1) is 7.78. The lowest BCUT2D eigenvalue weighted by molar-refractivity contribution is 0.0570. The fourth-order valence-corrected chi connectivity index (χ4v) is 1.95. The minimum absolute atomic E-state index is 0.513. The third kappa shape index (κ3) is 5.43. The minimum Gasteiger partial charge on any atom is -0.588 e. The second-order valence-electron chi connectivity index (χ2n) is 4.33. The predicted molar refractivity (Wildman–Crippen MR) is 69.9 cm³/mol. The lowest BCUT2D eigenvalue weighted by atomic mass is 10.2. The van der Waals surface area contributed by atoms with Gasteiger partial charge in [-0.15, -0.1) is 4.72 Å². The molecule has 0 saturated carbocycles. The van der Waals surface area contributed by atoms with E-state index in [1.165, 1.54) is 0 Å². The molecule has 0 aromatic heterocycles. The van der Waals surface area contributed by atoms with E-state index < -0.39 is 23.1 Å². The molecule has 0 aliphatic rings. The minimum atomic E-state index is -1.60. The van der Waals surface area contributed by atoms with Gasteiger partial charge in [0.1, 0.15) is 17.0 Å². The van der Waals surface area contributed by atoms with E-state index in [1.807, 2.05) is 0 Å². The highest BCUT2D eigenvalue weighted by Crippen LogP contribution is 2.15. The van der Waals surface area contributed by atoms with E-state index in [-0.39, 0.29) is 0 Å². The van der Waals surface area contributed by atoms with Crippen molar-refractivity contribution < 1.29 is 14.1 Å². The van der Waals surface area contributed by atoms with Gasteiger partial charge in [0.25, 0.3) is 0 Å². The topological polar surface area (TPSA) is 61.4 Å². The van der Waals surface area contributed by atoms with Gasteiger partial charge in [-0.3, -0.25) is 0 Å². The molecule has 0 spiro atoms. The summed E-state index contributed by atoms with van der Waals surface area (Å²) in [5, 5.41) is 0. The Hall–Kier alpha value is -0.720. The molecule has 6 heteroatoms. The Kier molecular flexibility index (Phi) is 4.85. The standard InChI is InChI=1S/C11H14BrNO3S/c1-11(2,3)16-10(14)13-17(15)9-6-4-8(12)5-7-9/h4-7H,1-3H3,(H,13,14). The number of amides is 1. The van der Waals surface area contributed by atoms with Crippen LogP contribution in [0.25, 0.3) is 0 Å². The molecule has 1 amide bonds. The van der Waals surface area contributed by atoms with Crippen LogP contribution in [0.5, 0.6) is 0 Å². The summed E-state index contributed by atoms with van der Waals surface area (Å²) in [7, 11) is 0. The van der Waals surface area contributed by atoms with Crippen molar-refractivity contribution in [2.24, 2.45) is 0 Å². The number of halogens is 1. The Morgan fingerprint density at radius 2 is 1.88 bits per heavy atom. The Labute approximate surface area is 112 Å². The van der Waals surface area contributed by atoms with Crippen molar-refractivity contribution in [3.05, 3.63) is 28.7 Å². The molecule has 0 aliphatic heterocycles. The van der Waals surface area contributed by atoms with E-state index in [0.29, 0.717) is 4.90 Å². The molecular formula is C11H14BrNO3S. The molecule has 0 fully saturated rings. The van der Waals surface area contributed by atoms with Crippen LogP contribution in [0.1, 0.15) is 20.8 Å². The first kappa shape index (κ1) is 14.3. The van der Waals surface area contributed by atoms with Gasteiger partial charge in [-0.05, 0) is 45.0 Å². The van der Waals surface area contributed by atoms with Crippen molar-refractivity contribution in [3.8, 4) is 0 Å². The number of carbonyl (C=O) groups is 1. The van der Waals surface area contributed by atoms with Gasteiger partial charge in [-0.25, -0.2) is 4.79 Å². The molecule has 1 aromatic carbocycles. The number of rotatable bonds is 2. The second kappa shape index (κ2) is 5.75. The van der Waals surface area contributed by atoms with Crippen LogP contribution in [0, 0.1) is 0 Å². The van der Waals surface area contributed by atoms with Gasteiger partial charge in [0.05, 0.1) is 0 Å². The van der Waals surface area contributed by atoms with E-state index in [0.717, 1.165) is 4.47 Å². The molecule has 1 N–H and O–H groups in total. The second-order valence-corrected chi connectivity index (χ2v) is 6.46. The molecule has 4 nitrogen and oxygen atoms in total. The summed E-state index contributed by atoms with van der Waals surface area (Å²) < 4.78 is 19.9. The van der Waals surface area contributed by atoms with Crippen LogP contribution in [-0.4, -0.2) is 16.2 Å². The van der Waals surface area contributed by atoms with Crippen molar-refractivity contribution in [3.63, 3.8) is 0 Å². The molecule has 17 heavy (non-hydrogen) atoms. The molecular weight excluding hydrogens is 306 g/mol. The van der Waals surface area contributed by atoms with Crippen molar-refractivity contribution in [2.75, 3.05) is 0 Å². The van der Waals surface area contributed by atoms with Crippen molar-refractivity contribution in [1.29, 1.82) is 0 Å². The van der Waals surface area contributed by atoms with Crippen molar-refractivity contribution in [1.82, 2.24) is 4.72 Å². The molecule has 0 aliphatic carbocycles. The van der Waals surface area contributed by atoms with E-state index in [9.17, 15) is 9.35 Å². The Morgan fingerprint density at radius 1 is 1.35 bits per heavy atom. The average molecular weight is 320 g/mol. The van der Waals surface area contributed by atoms with Gasteiger partial charge in [0, 0.05) is 4.47 Å². The molecule has 1 rings (SSSR count). The van der Waals surface area contributed by atoms with E-state index in [1.54, 1.807) is 45.0 Å². The smallest absolute Gasteiger partial charge is 0.449 e. The highest BCUT2D eigenvalue weighted by atomic mass is 79.9. The van der Waals surface area contributed by atoms with Crippen LogP contribution >= 0.6 is 15.9 Å². The lowest BCUT2D eigenvalue weighted by Crippen LogP contribution is -2.36. The van der Waals surface area contributed by atoms with E-state index >= 15 is 0 Å². The maximum Gasteiger partial charge on any atom is 0.449 e. The normalized spacial score (nSPS) is 13.0. The quantitative estimate of drug-likeness (QED) is 0.852. The van der Waals surface area contributed by atoms with Gasteiger partial charge >= 0.3 is 6.09 Å². The third-order valence-corrected chi connectivity index (χ3v) is 3.18. The summed E-state index contributed by atoms with van der Waals surface area (Å²) in [5.74, 6) is 0. The van der Waals surface area contributed by atoms with Crippen molar-refractivity contribution in [2.45, 2.75) is 31.3 Å². The molecule has 1 atom stereocenters. The van der Waals surface area contributed by atoms with Gasteiger partial charge in [0.15, 0.2) is 4.90 Å². The summed E-state index contributed by atoms with van der Waals surface area (Å²) >= 11 is 1.67. The van der Waals surface area contributed by atoms with Crippen LogP contribution in [0.4, 0.5) is 4.79 Å². The van der Waals surface area contributed by atoms with Crippen LogP contribution in [0.3, 0.4) is 0 Å². The Balaban J connectivity index is 2.57. The zero-order chi connectivity index (χ0) is 13.1. The van der Waals surface area contributed by atoms with Gasteiger partial charge < -0.3 is 9.29 Å². The molecule has 1 aromatic rings. The summed E-state index contributed by atoms with van der Waals surface area (Å²) in [4.78, 5) is 11.9. The molecule has 94 valence electrons. The Morgan fingerprint density at radius 3 is 2.35 bits per heavy atom. The molecule has 0 radical (unpaired) electrons. The molecule has 0 bridgehead atoms. The average Bonchev–Trinajstić information content (AvgIpc) is 2.15. The predicted octanol–water partition coefficient (Wildman–Crippen LogP) is 3.00. The molecule has 0 heterocycles. The zero-order valence-electron chi connectivity index (χ0n) is 9.82. The fraction of sp³-hybridized carbons (Fsp3) is 0.364. The zero-order valence-corrected chi connectivity index (χ0v) is 12.2. The highest BCUT2D eigenvalue weighted by molar-refractivity contribution is 9.10. The number of ether oxygens (including phenoxy) is 1. The van der Waals surface area contributed by atoms with Crippen LogP contribution in [0.2, 0.25) is 0 Å². The summed E-state index contributed by atoms with van der Waals surface area (Å²) in [5.41, 5.74) is -0.603. The first-order valence-corrected chi connectivity index (χ1v) is 6.89. The maximum atomic E-state index is 11.7. The Bertz CT molecular complexity index is 389. The third-order valence-electron chi connectivity index (χ3n) is 1.60. The van der Waals surface area contributed by atoms with Crippen LogP contribution in [-0.2, 0) is 16.1 Å². The number of nitrogens with one attached hydrogen (secondary N) is 1. The molecule has 0 saturated heterocycles. The summed E-state index contributed by atoms with van der Waals surface area (Å²) in [6.45, 7) is 5.24. The number of hydrogen-bond donors (Lipinski definition) is 1. The maximum absolute atomic E-state index is 11.7. The van der Waals surface area contributed by atoms with Gasteiger partial charge in [-0.1, -0.05) is 15.9 Å². The largest absolute Gasteiger partial charge is 0.588 e. The fourth-order valence-electron chi connectivity index (χ4n) is 0.992. The number of benzene rings is 1. The summed E-state index contributed by atoms with van der Waals surface area (Å²) in [6, 6.07) is 6.84. The lowest BCUT2D eigenvalue weighted by Gasteiger charge is -2.19. The molecule has 1 unspecified atom stereocenters. The SMILES string of the molecule is CC(C)(C)OC(=O)N[S+]([O-])c1ccc(Br)cc1. The van der Waals surface area contributed by atoms with Crippen LogP contribution < -0.4 is 4.72 Å². The number of hydrogen-bond acceptors (Lipinski definition) is 3. The number of carbonyl (C=O) groups excluding carboxylic acids is 1. The van der Waals surface area contributed by atoms with Gasteiger partial charge in [-0.2, -0.15) is 0 Å². The summed E-state index contributed by atoms with van der Waals surface area (Å²) in [6.07, 6.45) is -0.696. The monoisotopic (exact) mass is 319 g/mol. The van der Waals surface area contributed by atoms with Gasteiger partial charge in [0.2, 0.25) is 0 Å². The van der Waals surface area contributed by atoms with E-state index in [4.69, 9.17) is 4.74 Å². The van der Waals surface area contributed by atoms with Crippen molar-refractivity contribution >= 4 is 33.4 Å². The first-order valence-electron chi connectivity index (χ1n) is 4.95. The van der Waals surface area contributed by atoms with Crippen LogP contribution in [0.15, 0.2) is 33.6 Å². The van der Waals surface area contributed by atoms with E-state index in [2.05, 4.69) is 20.7 Å².